The highest BCUT2D eigenvalue weighted by atomic mass is 14.9. The molecule has 3 N–H and O–H groups in total. The van der Waals surface area contributed by atoms with Gasteiger partial charge in [0.05, 0.1) is 0 Å². The van der Waals surface area contributed by atoms with Crippen LogP contribution in [0.5, 0.6) is 0 Å². The van der Waals surface area contributed by atoms with E-state index in [0.717, 1.165) is 6.54 Å². The SMILES string of the molecule is CCNC(C)c1cccc2ccccc12.NC1CCCCCCC1. The molecule has 0 aliphatic heterocycles. The molecule has 132 valence electrons. The minimum atomic E-state index is 0.418. The van der Waals surface area contributed by atoms with Crippen LogP contribution in [-0.2, 0) is 0 Å². The van der Waals surface area contributed by atoms with Crippen molar-refractivity contribution in [2.24, 2.45) is 5.73 Å². The Morgan fingerprint density at radius 2 is 1.58 bits per heavy atom. The van der Waals surface area contributed by atoms with Crippen LogP contribution in [0.25, 0.3) is 10.8 Å². The molecule has 0 aromatic heterocycles. The zero-order chi connectivity index (χ0) is 17.2. The van der Waals surface area contributed by atoms with Gasteiger partial charge >= 0.3 is 0 Å². The van der Waals surface area contributed by atoms with Crippen molar-refractivity contribution in [1.82, 2.24) is 5.32 Å². The van der Waals surface area contributed by atoms with Crippen molar-refractivity contribution in [3.8, 4) is 0 Å². The molecule has 0 radical (unpaired) electrons. The summed E-state index contributed by atoms with van der Waals surface area (Å²) in [6.45, 7) is 5.36. The Balaban J connectivity index is 0.000000198. The fourth-order valence-electron chi connectivity index (χ4n) is 3.53. The highest BCUT2D eigenvalue weighted by Gasteiger charge is 2.07. The predicted molar refractivity (Wildman–Crippen MR) is 106 cm³/mol. The van der Waals surface area contributed by atoms with Gasteiger partial charge in [-0.05, 0) is 42.6 Å². The number of fused-ring (bicyclic) bond motifs is 1. The molecule has 1 fully saturated rings. The van der Waals surface area contributed by atoms with Crippen LogP contribution in [0.4, 0.5) is 0 Å². The first-order valence-electron chi connectivity index (χ1n) is 9.69. The second kappa shape index (κ2) is 10.5. The summed E-state index contributed by atoms with van der Waals surface area (Å²) in [7, 11) is 0. The summed E-state index contributed by atoms with van der Waals surface area (Å²) < 4.78 is 0. The smallest absolute Gasteiger partial charge is 0.0297 e. The quantitative estimate of drug-likeness (QED) is 0.774. The number of rotatable bonds is 3. The molecule has 1 atom stereocenters. The summed E-state index contributed by atoms with van der Waals surface area (Å²) in [5, 5.41) is 6.13. The minimum Gasteiger partial charge on any atom is -0.328 e. The van der Waals surface area contributed by atoms with Gasteiger partial charge in [0.25, 0.3) is 0 Å². The van der Waals surface area contributed by atoms with E-state index in [9.17, 15) is 0 Å². The molecule has 0 spiro atoms. The maximum absolute atomic E-state index is 5.80. The molecule has 2 aromatic carbocycles. The predicted octanol–water partition coefficient (Wildman–Crippen LogP) is 5.57. The topological polar surface area (TPSA) is 38.0 Å². The summed E-state index contributed by atoms with van der Waals surface area (Å²) in [6, 6.07) is 16.0. The monoisotopic (exact) mass is 326 g/mol. The third-order valence-corrected chi connectivity index (χ3v) is 4.95. The van der Waals surface area contributed by atoms with Crippen molar-refractivity contribution in [3.63, 3.8) is 0 Å². The Morgan fingerprint density at radius 3 is 2.29 bits per heavy atom. The van der Waals surface area contributed by atoms with E-state index >= 15 is 0 Å². The van der Waals surface area contributed by atoms with Crippen LogP contribution >= 0.6 is 0 Å². The Labute approximate surface area is 147 Å². The maximum atomic E-state index is 5.80. The molecular weight excluding hydrogens is 292 g/mol. The van der Waals surface area contributed by atoms with Crippen molar-refractivity contribution in [2.45, 2.75) is 70.9 Å². The molecule has 0 bridgehead atoms. The molecule has 0 saturated heterocycles. The van der Waals surface area contributed by atoms with Crippen molar-refractivity contribution < 1.29 is 0 Å². The standard InChI is InChI=1S/C14H17N.C8H17N/c1-3-15-11(2)13-10-6-8-12-7-4-5-9-14(12)13;9-8-6-4-2-1-3-5-7-8/h4-11,15H,3H2,1-2H3;8H,1-7,9H2. The molecule has 3 rings (SSSR count). The summed E-state index contributed by atoms with van der Waals surface area (Å²) in [5.41, 5.74) is 7.19. The van der Waals surface area contributed by atoms with Gasteiger partial charge in [0.15, 0.2) is 0 Å². The van der Waals surface area contributed by atoms with Crippen molar-refractivity contribution in [2.75, 3.05) is 6.54 Å². The lowest BCUT2D eigenvalue weighted by atomic mass is 9.98. The van der Waals surface area contributed by atoms with Crippen LogP contribution in [0.2, 0.25) is 0 Å². The molecule has 1 unspecified atom stereocenters. The first-order chi connectivity index (χ1) is 11.7. The molecule has 1 aliphatic rings. The Hall–Kier alpha value is -1.38. The van der Waals surface area contributed by atoms with Gasteiger partial charge in [-0.2, -0.15) is 0 Å². The van der Waals surface area contributed by atoms with E-state index in [4.69, 9.17) is 5.73 Å². The highest BCUT2D eigenvalue weighted by molar-refractivity contribution is 5.86. The zero-order valence-corrected chi connectivity index (χ0v) is 15.4. The Bertz CT molecular complexity index is 580. The second-order valence-corrected chi connectivity index (χ2v) is 6.95. The van der Waals surface area contributed by atoms with Gasteiger partial charge in [-0.1, -0.05) is 81.5 Å². The van der Waals surface area contributed by atoms with Crippen LogP contribution in [0.15, 0.2) is 42.5 Å². The van der Waals surface area contributed by atoms with E-state index in [1.807, 2.05) is 0 Å². The molecule has 0 heterocycles. The van der Waals surface area contributed by atoms with Crippen LogP contribution in [0.1, 0.15) is 70.4 Å². The summed E-state index contributed by atoms with van der Waals surface area (Å²) in [4.78, 5) is 0. The van der Waals surface area contributed by atoms with E-state index < -0.39 is 0 Å². The Morgan fingerprint density at radius 1 is 0.958 bits per heavy atom. The molecule has 24 heavy (non-hydrogen) atoms. The van der Waals surface area contributed by atoms with E-state index in [2.05, 4.69) is 61.6 Å². The maximum Gasteiger partial charge on any atom is 0.0297 e. The Kier molecular flexibility index (Phi) is 8.27. The van der Waals surface area contributed by atoms with Crippen LogP contribution in [0.3, 0.4) is 0 Å². The fraction of sp³-hybridized carbons (Fsp3) is 0.545. The highest BCUT2D eigenvalue weighted by Crippen LogP contribution is 2.23. The average molecular weight is 327 g/mol. The largest absolute Gasteiger partial charge is 0.328 e. The van der Waals surface area contributed by atoms with Crippen LogP contribution in [0, 0.1) is 0 Å². The van der Waals surface area contributed by atoms with E-state index in [0.29, 0.717) is 12.1 Å². The lowest BCUT2D eigenvalue weighted by Gasteiger charge is -2.15. The summed E-state index contributed by atoms with van der Waals surface area (Å²) in [5.74, 6) is 0. The fourth-order valence-corrected chi connectivity index (χ4v) is 3.53. The molecule has 0 amide bonds. The van der Waals surface area contributed by atoms with Gasteiger partial charge in [-0.25, -0.2) is 0 Å². The summed E-state index contributed by atoms with van der Waals surface area (Å²) >= 11 is 0. The summed E-state index contributed by atoms with van der Waals surface area (Å²) in [6.07, 6.45) is 9.51. The lowest BCUT2D eigenvalue weighted by Crippen LogP contribution is -2.20. The van der Waals surface area contributed by atoms with E-state index in [-0.39, 0.29) is 0 Å². The van der Waals surface area contributed by atoms with Gasteiger partial charge in [-0.15, -0.1) is 0 Å². The number of nitrogens with two attached hydrogens (primary N) is 1. The van der Waals surface area contributed by atoms with Gasteiger partial charge < -0.3 is 11.1 Å². The first kappa shape index (κ1) is 19.0. The molecular formula is C22H34N2. The van der Waals surface area contributed by atoms with Crippen molar-refractivity contribution in [3.05, 3.63) is 48.0 Å². The molecule has 1 saturated carbocycles. The van der Waals surface area contributed by atoms with Crippen molar-refractivity contribution >= 4 is 10.8 Å². The van der Waals surface area contributed by atoms with E-state index in [1.165, 1.54) is 61.3 Å². The van der Waals surface area contributed by atoms with E-state index in [1.54, 1.807) is 0 Å². The minimum absolute atomic E-state index is 0.418. The van der Waals surface area contributed by atoms with Gasteiger partial charge in [0.1, 0.15) is 0 Å². The third kappa shape index (κ3) is 5.92. The first-order valence-corrected chi connectivity index (χ1v) is 9.69. The lowest BCUT2D eigenvalue weighted by molar-refractivity contribution is 0.453. The molecule has 1 aliphatic carbocycles. The molecule has 2 heteroatoms. The normalized spacial score (nSPS) is 17.5. The third-order valence-electron chi connectivity index (χ3n) is 4.95. The number of nitrogens with one attached hydrogen (secondary N) is 1. The molecule has 2 aromatic rings. The van der Waals surface area contributed by atoms with Crippen LogP contribution in [-0.4, -0.2) is 12.6 Å². The number of hydrogen-bond donors (Lipinski definition) is 2. The second-order valence-electron chi connectivity index (χ2n) is 6.95. The molecule has 2 nitrogen and oxygen atoms in total. The van der Waals surface area contributed by atoms with Crippen LogP contribution < -0.4 is 11.1 Å². The number of hydrogen-bond acceptors (Lipinski definition) is 2. The number of benzene rings is 2. The van der Waals surface area contributed by atoms with Gasteiger partial charge in [-0.3, -0.25) is 0 Å². The van der Waals surface area contributed by atoms with Gasteiger partial charge in [0, 0.05) is 12.1 Å². The van der Waals surface area contributed by atoms with Crippen molar-refractivity contribution in [1.29, 1.82) is 0 Å². The zero-order valence-electron chi connectivity index (χ0n) is 15.4. The average Bonchev–Trinajstić information content (AvgIpc) is 2.58. The van der Waals surface area contributed by atoms with Gasteiger partial charge in [0.2, 0.25) is 0 Å².